The van der Waals surface area contributed by atoms with Gasteiger partial charge in [-0.1, -0.05) is 58.1 Å². The van der Waals surface area contributed by atoms with Gasteiger partial charge in [0.05, 0.1) is 26.2 Å². The van der Waals surface area contributed by atoms with Crippen molar-refractivity contribution >= 4 is 41.2 Å². The molecule has 4 bridgehead atoms. The Hall–Kier alpha value is -5.55. The summed E-state index contributed by atoms with van der Waals surface area (Å²) in [6, 6.07) is 5.99. The zero-order valence-electron chi connectivity index (χ0n) is 33.7. The number of nitrogens with one attached hydrogen (secondary N) is 5. The molecular formula is C41H59N7O10. The van der Waals surface area contributed by atoms with Crippen LogP contribution in [0.25, 0.3) is 11.1 Å². The molecule has 2 aliphatic heterocycles. The molecule has 0 radical (unpaired) electrons. The number of hydrogen-bond acceptors (Lipinski definition) is 11. The van der Waals surface area contributed by atoms with Gasteiger partial charge in [0, 0.05) is 44.0 Å². The van der Waals surface area contributed by atoms with E-state index < -0.39 is 60.8 Å². The normalized spacial score (nSPS) is 17.2. The highest BCUT2D eigenvalue weighted by molar-refractivity contribution is 5.96. The molecule has 2 heterocycles. The second-order valence-electron chi connectivity index (χ2n) is 14.3. The summed E-state index contributed by atoms with van der Waals surface area (Å²) in [5, 5.41) is 34.4. The van der Waals surface area contributed by atoms with Crippen LogP contribution in [0.1, 0.15) is 88.8 Å². The van der Waals surface area contributed by atoms with Crippen molar-refractivity contribution in [3.05, 3.63) is 47.5 Å². The second kappa shape index (κ2) is 24.3. The van der Waals surface area contributed by atoms with Gasteiger partial charge < -0.3 is 52.2 Å². The van der Waals surface area contributed by atoms with Gasteiger partial charge in [0.25, 0.3) is 0 Å². The van der Waals surface area contributed by atoms with E-state index in [9.17, 15) is 43.8 Å². The van der Waals surface area contributed by atoms with Gasteiger partial charge in [-0.2, -0.15) is 0 Å². The third-order valence-corrected chi connectivity index (χ3v) is 9.54. The molecular weight excluding hydrogens is 750 g/mol. The van der Waals surface area contributed by atoms with Crippen LogP contribution < -0.4 is 32.3 Å². The summed E-state index contributed by atoms with van der Waals surface area (Å²) in [7, 11) is 1.33. The Morgan fingerprint density at radius 3 is 2.16 bits per heavy atom. The lowest BCUT2D eigenvalue weighted by atomic mass is 9.94. The van der Waals surface area contributed by atoms with Gasteiger partial charge in [0.1, 0.15) is 29.7 Å². The number of benzene rings is 2. The van der Waals surface area contributed by atoms with Gasteiger partial charge in [0.15, 0.2) is 5.78 Å². The molecule has 1 fully saturated rings. The maximum absolute atomic E-state index is 13.7. The number of nitrogens with two attached hydrogens (primary N) is 1. The molecule has 2 aliphatic rings. The summed E-state index contributed by atoms with van der Waals surface area (Å²) >= 11 is 0. The third-order valence-electron chi connectivity index (χ3n) is 9.54. The van der Waals surface area contributed by atoms with Crippen molar-refractivity contribution in [3.63, 3.8) is 0 Å². The number of phenols is 2. The molecule has 0 aromatic heterocycles. The number of nitrogens with zero attached hydrogens (tertiary/aromatic N) is 1. The smallest absolute Gasteiger partial charge is 0.247 e. The SMILES string of the molecule is CCCCCCCC(=O)NCCC(=O)NCC(=O)N(C)C1C(=O)NCC(=O)NC(C(=O)NCC(=O)C2CO2)Cc2ccc(O)c(c2)-c2cc1ccc2O.CCCCN. The molecule has 1 saturated heterocycles. The first kappa shape index (κ1) is 46.8. The van der Waals surface area contributed by atoms with Gasteiger partial charge in [-0.15, -0.1) is 0 Å². The highest BCUT2D eigenvalue weighted by Crippen LogP contribution is 2.38. The topological polar surface area (TPSA) is 262 Å². The van der Waals surface area contributed by atoms with E-state index in [1.807, 2.05) is 0 Å². The second-order valence-corrected chi connectivity index (χ2v) is 14.3. The van der Waals surface area contributed by atoms with Crippen LogP contribution in [0.2, 0.25) is 0 Å². The van der Waals surface area contributed by atoms with E-state index in [4.69, 9.17) is 10.5 Å². The molecule has 17 nitrogen and oxygen atoms in total. The zero-order chi connectivity index (χ0) is 42.6. The van der Waals surface area contributed by atoms with Crippen LogP contribution >= 0.6 is 0 Å². The minimum Gasteiger partial charge on any atom is -0.507 e. The predicted octanol–water partition coefficient (Wildman–Crippen LogP) is 1.23. The molecule has 58 heavy (non-hydrogen) atoms. The molecule has 0 spiro atoms. The Morgan fingerprint density at radius 2 is 1.50 bits per heavy atom. The fourth-order valence-electron chi connectivity index (χ4n) is 6.04. The number of ether oxygens (including phenoxy) is 1. The summed E-state index contributed by atoms with van der Waals surface area (Å²) in [6.45, 7) is 4.08. The molecule has 9 N–H and O–H groups in total. The average molecular weight is 810 g/mol. The van der Waals surface area contributed by atoms with Gasteiger partial charge in [-0.05, 0) is 54.8 Å². The number of rotatable bonds is 18. The summed E-state index contributed by atoms with van der Waals surface area (Å²) in [6.07, 6.45) is 7.09. The van der Waals surface area contributed by atoms with Crippen LogP contribution in [-0.2, 0) is 44.7 Å². The molecule has 2 aromatic rings. The van der Waals surface area contributed by atoms with Crippen molar-refractivity contribution < 1.29 is 48.5 Å². The number of phenolic OH excluding ortho intramolecular Hbond substituents is 2. The number of unbranched alkanes of at least 4 members (excludes halogenated alkanes) is 5. The molecule has 17 heteroatoms. The minimum absolute atomic E-state index is 0.0638. The maximum Gasteiger partial charge on any atom is 0.247 e. The number of carbonyl (C=O) groups is 7. The number of hydrogen-bond donors (Lipinski definition) is 8. The van der Waals surface area contributed by atoms with E-state index in [0.29, 0.717) is 12.0 Å². The number of likely N-dealkylation sites (N-methyl/N-ethyl adjacent to an activating group) is 1. The number of amides is 6. The summed E-state index contributed by atoms with van der Waals surface area (Å²) in [5.41, 5.74) is 6.12. The zero-order valence-corrected chi connectivity index (χ0v) is 33.7. The van der Waals surface area contributed by atoms with Crippen LogP contribution in [0.5, 0.6) is 11.5 Å². The Kier molecular flexibility index (Phi) is 19.6. The van der Waals surface area contributed by atoms with E-state index in [1.165, 1.54) is 56.3 Å². The van der Waals surface area contributed by atoms with Crippen molar-refractivity contribution in [1.82, 2.24) is 31.5 Å². The summed E-state index contributed by atoms with van der Waals surface area (Å²) < 4.78 is 4.95. The quantitative estimate of drug-likeness (QED) is 0.0785. The Labute approximate surface area is 339 Å². The number of aromatic hydroxyl groups is 2. The van der Waals surface area contributed by atoms with Gasteiger partial charge in [0.2, 0.25) is 35.4 Å². The molecule has 4 rings (SSSR count). The first-order chi connectivity index (χ1) is 27.8. The molecule has 3 unspecified atom stereocenters. The molecule has 0 aliphatic carbocycles. The molecule has 0 saturated carbocycles. The van der Waals surface area contributed by atoms with Gasteiger partial charge in [-0.25, -0.2) is 0 Å². The van der Waals surface area contributed by atoms with E-state index in [1.54, 1.807) is 0 Å². The van der Waals surface area contributed by atoms with E-state index in [2.05, 4.69) is 40.4 Å². The number of Topliss-reactive ketones (excluding diaryl/α,β-unsaturated/α-hetero) is 1. The first-order valence-electron chi connectivity index (χ1n) is 19.9. The third kappa shape index (κ3) is 15.4. The number of carbonyl (C=O) groups excluding carboxylic acids is 7. The number of epoxide rings is 1. The fourth-order valence-corrected chi connectivity index (χ4v) is 6.04. The van der Waals surface area contributed by atoms with Crippen LogP contribution in [0, 0.1) is 0 Å². The Morgan fingerprint density at radius 1 is 0.845 bits per heavy atom. The average Bonchev–Trinajstić information content (AvgIpc) is 4.06. The highest BCUT2D eigenvalue weighted by Gasteiger charge is 2.33. The van der Waals surface area contributed by atoms with Gasteiger partial charge >= 0.3 is 0 Å². The summed E-state index contributed by atoms with van der Waals surface area (Å²) in [4.78, 5) is 91.0. The molecule has 6 amide bonds. The fraction of sp³-hybridized carbons (Fsp3) is 0.537. The highest BCUT2D eigenvalue weighted by atomic mass is 16.6. The van der Waals surface area contributed by atoms with E-state index in [0.717, 1.165) is 43.5 Å². The standard InChI is InChI=1S/C37H48N6O10.C4H11N/c1-3-4-5-6-7-8-31(47)38-14-13-32(48)39-20-34(50)43(2)35-23-10-12-28(45)25(17-23)24-15-22(9-11-27(24)44)16-26(42-33(49)19-41-37(35)52)36(51)40-18-29(46)30-21-53-30;1-2-3-4-5/h9-12,15,17,26,30,35,44-45H,3-8,13-14,16,18-21H2,1-2H3,(H,38,47)(H,39,48)(H,40,51)(H,41,52)(H,42,49);2-5H2,1H3. The van der Waals surface area contributed by atoms with E-state index in [-0.39, 0.29) is 72.4 Å². The lowest BCUT2D eigenvalue weighted by Crippen LogP contribution is -2.52. The van der Waals surface area contributed by atoms with E-state index >= 15 is 0 Å². The Balaban J connectivity index is 0.00000169. The summed E-state index contributed by atoms with van der Waals surface area (Å²) in [5.74, 6) is -4.31. The van der Waals surface area contributed by atoms with Crippen molar-refractivity contribution in [3.8, 4) is 22.6 Å². The molecule has 318 valence electrons. The Bertz CT molecular complexity index is 1750. The van der Waals surface area contributed by atoms with Crippen LogP contribution in [-0.4, -0.2) is 115 Å². The lowest BCUT2D eigenvalue weighted by Gasteiger charge is -2.29. The van der Waals surface area contributed by atoms with Crippen molar-refractivity contribution in [2.24, 2.45) is 5.73 Å². The molecule has 3 atom stereocenters. The first-order valence-corrected chi connectivity index (χ1v) is 19.9. The van der Waals surface area contributed by atoms with Gasteiger partial charge in [-0.3, -0.25) is 33.6 Å². The predicted molar refractivity (Wildman–Crippen MR) is 215 cm³/mol. The van der Waals surface area contributed by atoms with Crippen LogP contribution in [0.15, 0.2) is 36.4 Å². The monoisotopic (exact) mass is 809 g/mol. The molecule has 2 aromatic carbocycles. The van der Waals surface area contributed by atoms with Crippen molar-refractivity contribution in [1.29, 1.82) is 0 Å². The van der Waals surface area contributed by atoms with Crippen molar-refractivity contribution in [2.75, 3.05) is 46.4 Å². The minimum atomic E-state index is -1.37. The largest absolute Gasteiger partial charge is 0.507 e. The lowest BCUT2D eigenvalue weighted by molar-refractivity contribution is -0.140. The van der Waals surface area contributed by atoms with Crippen molar-refractivity contribution in [2.45, 2.75) is 96.2 Å². The van der Waals surface area contributed by atoms with Crippen LogP contribution in [0.4, 0.5) is 0 Å². The number of ketones is 1. The maximum atomic E-state index is 13.7. The van der Waals surface area contributed by atoms with Crippen LogP contribution in [0.3, 0.4) is 0 Å². The number of fused-ring (bicyclic) bond motifs is 5.